The number of hydrogen-bond acceptors (Lipinski definition) is 2. The molecule has 0 saturated carbocycles. The molecular weight excluding hydrogens is 231 g/mol. The maximum absolute atomic E-state index is 12.7. The highest BCUT2D eigenvalue weighted by Crippen LogP contribution is 2.18. The van der Waals surface area contributed by atoms with Gasteiger partial charge in [-0.1, -0.05) is 25.4 Å². The summed E-state index contributed by atoms with van der Waals surface area (Å²) in [5.74, 6) is -0.701. The van der Waals surface area contributed by atoms with Gasteiger partial charge in [-0.05, 0) is 25.2 Å². The third-order valence-electron chi connectivity index (χ3n) is 1.54. The first-order chi connectivity index (χ1) is 7.63. The second-order valence-corrected chi connectivity index (χ2v) is 3.11. The molecule has 0 unspecified atom stereocenters. The summed E-state index contributed by atoms with van der Waals surface area (Å²) < 4.78 is 12.7. The standard InChI is InChI=1S/C9H10ClFN2O.C2H6/c1-12-5-9(14)13-6-2-3-8(11)7(10)4-6;1-2/h2-4,12H,5H2,1H3,(H,13,14);1-2H3. The largest absolute Gasteiger partial charge is 0.325 e. The zero-order chi connectivity index (χ0) is 12.6. The van der Waals surface area contributed by atoms with E-state index in [2.05, 4.69) is 10.6 Å². The van der Waals surface area contributed by atoms with Gasteiger partial charge in [-0.2, -0.15) is 0 Å². The Morgan fingerprint density at radius 2 is 2.06 bits per heavy atom. The van der Waals surface area contributed by atoms with E-state index in [1.165, 1.54) is 18.2 Å². The zero-order valence-electron chi connectivity index (χ0n) is 9.60. The van der Waals surface area contributed by atoms with Gasteiger partial charge in [0.15, 0.2) is 0 Å². The fourth-order valence-corrected chi connectivity index (χ4v) is 1.12. The summed E-state index contributed by atoms with van der Waals surface area (Å²) in [7, 11) is 1.66. The highest BCUT2D eigenvalue weighted by atomic mass is 35.5. The average Bonchev–Trinajstić information content (AvgIpc) is 2.27. The molecular formula is C11H16ClFN2O. The number of amides is 1. The van der Waals surface area contributed by atoms with Crippen molar-refractivity contribution in [2.75, 3.05) is 18.9 Å². The van der Waals surface area contributed by atoms with Gasteiger partial charge in [-0.25, -0.2) is 4.39 Å². The van der Waals surface area contributed by atoms with Crippen LogP contribution in [0.3, 0.4) is 0 Å². The highest BCUT2D eigenvalue weighted by molar-refractivity contribution is 6.31. The van der Waals surface area contributed by atoms with Crippen LogP contribution in [0.4, 0.5) is 10.1 Å². The fraction of sp³-hybridized carbons (Fsp3) is 0.364. The van der Waals surface area contributed by atoms with Gasteiger partial charge in [0.1, 0.15) is 5.82 Å². The highest BCUT2D eigenvalue weighted by Gasteiger charge is 2.03. The first kappa shape index (κ1) is 14.9. The number of carbonyl (C=O) groups excluding carboxylic acids is 1. The molecule has 0 aromatic heterocycles. The van der Waals surface area contributed by atoms with Gasteiger partial charge in [-0.15, -0.1) is 0 Å². The van der Waals surface area contributed by atoms with Crippen LogP contribution in [0.25, 0.3) is 0 Å². The Morgan fingerprint density at radius 1 is 1.44 bits per heavy atom. The zero-order valence-corrected chi connectivity index (χ0v) is 10.4. The molecule has 16 heavy (non-hydrogen) atoms. The van der Waals surface area contributed by atoms with E-state index in [-0.39, 0.29) is 17.5 Å². The minimum atomic E-state index is -0.502. The van der Waals surface area contributed by atoms with E-state index < -0.39 is 5.82 Å². The molecule has 0 aliphatic carbocycles. The van der Waals surface area contributed by atoms with E-state index in [0.717, 1.165) is 0 Å². The van der Waals surface area contributed by atoms with Crippen molar-refractivity contribution in [2.24, 2.45) is 0 Å². The predicted octanol–water partition coefficient (Wildman–Crippen LogP) is 2.66. The van der Waals surface area contributed by atoms with Crippen molar-refractivity contribution in [3.8, 4) is 0 Å². The van der Waals surface area contributed by atoms with Crippen LogP contribution in [0, 0.1) is 5.82 Å². The Labute approximate surface area is 100.0 Å². The molecule has 0 radical (unpaired) electrons. The Kier molecular flexibility index (Phi) is 7.50. The van der Waals surface area contributed by atoms with Crippen molar-refractivity contribution in [1.29, 1.82) is 0 Å². The summed E-state index contributed by atoms with van der Waals surface area (Å²) in [6.45, 7) is 4.20. The first-order valence-corrected chi connectivity index (χ1v) is 5.41. The minimum Gasteiger partial charge on any atom is -0.325 e. The lowest BCUT2D eigenvalue weighted by Crippen LogP contribution is -2.25. The molecule has 0 atom stereocenters. The van der Waals surface area contributed by atoms with Crippen LogP contribution in [-0.2, 0) is 4.79 Å². The summed E-state index contributed by atoms with van der Waals surface area (Å²) in [4.78, 5) is 11.1. The van der Waals surface area contributed by atoms with Crippen molar-refractivity contribution in [1.82, 2.24) is 5.32 Å². The summed E-state index contributed by atoms with van der Waals surface area (Å²) in [6.07, 6.45) is 0. The number of likely N-dealkylation sites (N-methyl/N-ethyl adjacent to an activating group) is 1. The number of rotatable bonds is 3. The Morgan fingerprint density at radius 3 is 2.56 bits per heavy atom. The normalized spacial score (nSPS) is 9.06. The maximum atomic E-state index is 12.7. The minimum absolute atomic E-state index is 0.00717. The number of carbonyl (C=O) groups is 1. The SMILES string of the molecule is CC.CNCC(=O)Nc1ccc(F)c(Cl)c1. The van der Waals surface area contributed by atoms with Crippen molar-refractivity contribution in [2.45, 2.75) is 13.8 Å². The van der Waals surface area contributed by atoms with E-state index >= 15 is 0 Å². The van der Waals surface area contributed by atoms with Crippen LogP contribution in [0.15, 0.2) is 18.2 Å². The topological polar surface area (TPSA) is 41.1 Å². The van der Waals surface area contributed by atoms with Gasteiger partial charge >= 0.3 is 0 Å². The Balaban J connectivity index is 0.00000106. The summed E-state index contributed by atoms with van der Waals surface area (Å²) >= 11 is 5.53. The molecule has 90 valence electrons. The van der Waals surface area contributed by atoms with Crippen LogP contribution < -0.4 is 10.6 Å². The van der Waals surface area contributed by atoms with Crippen LogP contribution >= 0.6 is 11.6 Å². The molecule has 0 spiro atoms. The molecule has 0 saturated heterocycles. The van der Waals surface area contributed by atoms with Crippen molar-refractivity contribution < 1.29 is 9.18 Å². The second kappa shape index (κ2) is 8.07. The lowest BCUT2D eigenvalue weighted by Gasteiger charge is -2.04. The lowest BCUT2D eigenvalue weighted by molar-refractivity contribution is -0.115. The first-order valence-electron chi connectivity index (χ1n) is 5.03. The van der Waals surface area contributed by atoms with Gasteiger partial charge in [0.05, 0.1) is 11.6 Å². The van der Waals surface area contributed by atoms with Crippen molar-refractivity contribution >= 4 is 23.2 Å². The van der Waals surface area contributed by atoms with Gasteiger partial charge in [-0.3, -0.25) is 4.79 Å². The fourth-order valence-electron chi connectivity index (χ4n) is 0.940. The van der Waals surface area contributed by atoms with E-state index in [9.17, 15) is 9.18 Å². The van der Waals surface area contributed by atoms with Crippen molar-refractivity contribution in [3.05, 3.63) is 29.0 Å². The molecule has 0 fully saturated rings. The molecule has 0 aliphatic rings. The van der Waals surface area contributed by atoms with Gasteiger partial charge in [0.2, 0.25) is 5.91 Å². The predicted molar refractivity (Wildman–Crippen MR) is 65.3 cm³/mol. The Bertz CT molecular complexity index is 345. The molecule has 3 nitrogen and oxygen atoms in total. The number of nitrogens with one attached hydrogen (secondary N) is 2. The Hall–Kier alpha value is -1.13. The van der Waals surface area contributed by atoms with E-state index in [1.807, 2.05) is 13.8 Å². The average molecular weight is 247 g/mol. The summed E-state index contributed by atoms with van der Waals surface area (Å²) in [6, 6.07) is 4.02. The van der Waals surface area contributed by atoms with Crippen molar-refractivity contribution in [3.63, 3.8) is 0 Å². The molecule has 1 aromatic carbocycles. The smallest absolute Gasteiger partial charge is 0.238 e. The molecule has 1 amide bonds. The van der Waals surface area contributed by atoms with Crippen LogP contribution in [0.5, 0.6) is 0 Å². The van der Waals surface area contributed by atoms with Gasteiger partial charge < -0.3 is 10.6 Å². The number of hydrogen-bond donors (Lipinski definition) is 2. The van der Waals surface area contributed by atoms with Gasteiger partial charge in [0, 0.05) is 5.69 Å². The molecule has 1 aromatic rings. The summed E-state index contributed by atoms with van der Waals surface area (Å²) in [5, 5.41) is 5.25. The molecule has 2 N–H and O–H groups in total. The molecule has 0 bridgehead atoms. The molecule has 0 aliphatic heterocycles. The molecule has 0 heterocycles. The molecule has 5 heteroatoms. The van der Waals surface area contributed by atoms with Crippen LogP contribution in [0.2, 0.25) is 5.02 Å². The quantitative estimate of drug-likeness (QED) is 0.861. The van der Waals surface area contributed by atoms with E-state index in [1.54, 1.807) is 7.05 Å². The van der Waals surface area contributed by atoms with Crippen LogP contribution in [-0.4, -0.2) is 19.5 Å². The monoisotopic (exact) mass is 246 g/mol. The number of anilines is 1. The summed E-state index contributed by atoms with van der Waals surface area (Å²) in [5.41, 5.74) is 0.483. The maximum Gasteiger partial charge on any atom is 0.238 e. The van der Waals surface area contributed by atoms with Gasteiger partial charge in [0.25, 0.3) is 0 Å². The van der Waals surface area contributed by atoms with E-state index in [0.29, 0.717) is 5.69 Å². The van der Waals surface area contributed by atoms with Crippen LogP contribution in [0.1, 0.15) is 13.8 Å². The molecule has 1 rings (SSSR count). The third kappa shape index (κ3) is 5.09. The number of halogens is 2. The lowest BCUT2D eigenvalue weighted by atomic mass is 10.3. The third-order valence-corrected chi connectivity index (χ3v) is 1.83. The number of benzene rings is 1. The second-order valence-electron chi connectivity index (χ2n) is 2.71. The van der Waals surface area contributed by atoms with E-state index in [4.69, 9.17) is 11.6 Å².